The predicted molar refractivity (Wildman–Crippen MR) is 75.5 cm³/mol. The Bertz CT molecular complexity index is 362. The monoisotopic (exact) mass is 302 g/mol. The summed E-state index contributed by atoms with van der Waals surface area (Å²) in [6.45, 7) is 4.58. The van der Waals surface area contributed by atoms with Crippen molar-refractivity contribution >= 4 is 5.91 Å². The van der Waals surface area contributed by atoms with Gasteiger partial charge in [-0.25, -0.2) is 0 Å². The molecule has 1 amide bonds. The van der Waals surface area contributed by atoms with Crippen molar-refractivity contribution in [1.82, 2.24) is 9.80 Å². The fourth-order valence-electron chi connectivity index (χ4n) is 3.38. The van der Waals surface area contributed by atoms with E-state index in [2.05, 4.69) is 0 Å². The molecule has 21 heavy (non-hydrogen) atoms. The van der Waals surface area contributed by atoms with E-state index in [0.717, 1.165) is 39.0 Å². The van der Waals surface area contributed by atoms with E-state index in [9.17, 15) is 20.1 Å². The molecular formula is C14H26N2O5. The average molecular weight is 302 g/mol. The molecule has 2 rings (SSSR count). The molecule has 0 aromatic carbocycles. The SMILES string of the molecule is CC(=O)N1CCC2(CC1)CN(C[C@H](O)[C@H](O)[C@H](O)CO)C2. The number of carbonyl (C=O) groups excluding carboxylic acids is 1. The van der Waals surface area contributed by atoms with Crippen LogP contribution in [0.5, 0.6) is 0 Å². The first-order chi connectivity index (χ1) is 9.87. The number of nitrogens with zero attached hydrogens (tertiary/aromatic N) is 2. The third kappa shape index (κ3) is 3.73. The van der Waals surface area contributed by atoms with E-state index in [1.807, 2.05) is 9.80 Å². The van der Waals surface area contributed by atoms with Crippen LogP contribution in [-0.4, -0.2) is 93.8 Å². The molecule has 2 saturated heterocycles. The Morgan fingerprint density at radius 1 is 1.14 bits per heavy atom. The minimum absolute atomic E-state index is 0.123. The summed E-state index contributed by atoms with van der Waals surface area (Å²) in [5, 5.41) is 37.5. The van der Waals surface area contributed by atoms with Crippen LogP contribution in [0.3, 0.4) is 0 Å². The fraction of sp³-hybridized carbons (Fsp3) is 0.929. The lowest BCUT2D eigenvalue weighted by Gasteiger charge is -2.54. The highest BCUT2D eigenvalue weighted by molar-refractivity contribution is 5.73. The molecule has 0 aromatic heterocycles. The molecule has 7 heteroatoms. The van der Waals surface area contributed by atoms with Gasteiger partial charge in [0.1, 0.15) is 12.2 Å². The molecule has 2 fully saturated rings. The Labute approximate surface area is 124 Å². The van der Waals surface area contributed by atoms with Crippen LogP contribution in [0.15, 0.2) is 0 Å². The summed E-state index contributed by atoms with van der Waals surface area (Å²) < 4.78 is 0. The van der Waals surface area contributed by atoms with Crippen molar-refractivity contribution in [3.8, 4) is 0 Å². The topological polar surface area (TPSA) is 104 Å². The van der Waals surface area contributed by atoms with Gasteiger partial charge >= 0.3 is 0 Å². The first-order valence-electron chi connectivity index (χ1n) is 7.50. The summed E-state index contributed by atoms with van der Waals surface area (Å²) in [5.74, 6) is 0.123. The molecule has 7 nitrogen and oxygen atoms in total. The molecule has 0 radical (unpaired) electrons. The number of hydrogen-bond acceptors (Lipinski definition) is 6. The van der Waals surface area contributed by atoms with E-state index in [0.29, 0.717) is 0 Å². The molecule has 1 spiro atoms. The van der Waals surface area contributed by atoms with Crippen LogP contribution in [0.1, 0.15) is 19.8 Å². The van der Waals surface area contributed by atoms with Gasteiger partial charge in [-0.3, -0.25) is 9.69 Å². The molecule has 0 unspecified atom stereocenters. The first kappa shape index (κ1) is 16.6. The maximum atomic E-state index is 11.3. The minimum Gasteiger partial charge on any atom is -0.394 e. The number of carbonyl (C=O) groups is 1. The highest BCUT2D eigenvalue weighted by Gasteiger charge is 2.45. The molecule has 0 saturated carbocycles. The van der Waals surface area contributed by atoms with Gasteiger partial charge in [0.25, 0.3) is 0 Å². The van der Waals surface area contributed by atoms with Crippen molar-refractivity contribution in [3.63, 3.8) is 0 Å². The van der Waals surface area contributed by atoms with Crippen LogP contribution < -0.4 is 0 Å². The van der Waals surface area contributed by atoms with Crippen molar-refractivity contribution in [3.05, 3.63) is 0 Å². The molecular weight excluding hydrogens is 276 g/mol. The van der Waals surface area contributed by atoms with Gasteiger partial charge in [-0.1, -0.05) is 0 Å². The number of β-amino-alcohol motifs (C(OH)–C–C–N with tert-alkyl or cyclic N) is 1. The van der Waals surface area contributed by atoms with E-state index >= 15 is 0 Å². The van der Waals surface area contributed by atoms with Crippen molar-refractivity contribution in [2.24, 2.45) is 5.41 Å². The minimum atomic E-state index is -1.33. The summed E-state index contributed by atoms with van der Waals surface area (Å²) in [6, 6.07) is 0. The van der Waals surface area contributed by atoms with Gasteiger partial charge in [-0.15, -0.1) is 0 Å². The highest BCUT2D eigenvalue weighted by atomic mass is 16.4. The molecule has 2 aliphatic rings. The van der Waals surface area contributed by atoms with Crippen LogP contribution in [-0.2, 0) is 4.79 Å². The van der Waals surface area contributed by atoms with Crippen molar-refractivity contribution in [2.75, 3.05) is 39.3 Å². The lowest BCUT2D eigenvalue weighted by molar-refractivity contribution is -0.136. The van der Waals surface area contributed by atoms with Crippen LogP contribution in [0.25, 0.3) is 0 Å². The van der Waals surface area contributed by atoms with Crippen LogP contribution >= 0.6 is 0 Å². The summed E-state index contributed by atoms with van der Waals surface area (Å²) in [6.07, 6.45) is -1.76. The van der Waals surface area contributed by atoms with Gasteiger partial charge in [-0.2, -0.15) is 0 Å². The summed E-state index contributed by atoms with van der Waals surface area (Å²) >= 11 is 0. The van der Waals surface area contributed by atoms with Gasteiger partial charge < -0.3 is 25.3 Å². The van der Waals surface area contributed by atoms with Gasteiger partial charge in [-0.05, 0) is 18.3 Å². The van der Waals surface area contributed by atoms with Crippen molar-refractivity contribution in [2.45, 2.75) is 38.1 Å². The van der Waals surface area contributed by atoms with Crippen LogP contribution in [0, 0.1) is 5.41 Å². The van der Waals surface area contributed by atoms with Gasteiger partial charge in [0.15, 0.2) is 0 Å². The normalized spacial score (nSPS) is 26.2. The zero-order chi connectivity index (χ0) is 15.6. The summed E-state index contributed by atoms with van der Waals surface area (Å²) in [7, 11) is 0. The third-order valence-corrected chi connectivity index (χ3v) is 4.81. The van der Waals surface area contributed by atoms with Crippen LogP contribution in [0.4, 0.5) is 0 Å². The number of hydrogen-bond donors (Lipinski definition) is 4. The average Bonchev–Trinajstić information content (AvgIpc) is 2.44. The standard InChI is InChI=1S/C14H26N2O5/c1-10(18)16-4-2-14(3-5-16)8-15(9-14)6-11(19)13(21)12(20)7-17/h11-13,17,19-21H,2-9H2,1H3/t11-,12+,13-/m0/s1. The Balaban J connectivity index is 1.73. The number of aliphatic hydroxyl groups excluding tert-OH is 4. The Morgan fingerprint density at radius 2 is 1.71 bits per heavy atom. The molecule has 4 N–H and O–H groups in total. The van der Waals surface area contributed by atoms with E-state index < -0.39 is 24.9 Å². The van der Waals surface area contributed by atoms with E-state index in [4.69, 9.17) is 5.11 Å². The number of rotatable bonds is 5. The molecule has 2 aliphatic heterocycles. The lowest BCUT2D eigenvalue weighted by atomic mass is 9.72. The Morgan fingerprint density at radius 3 is 2.19 bits per heavy atom. The fourth-order valence-corrected chi connectivity index (χ4v) is 3.38. The quantitative estimate of drug-likeness (QED) is 0.468. The Kier molecular flexibility index (Phi) is 5.21. The van der Waals surface area contributed by atoms with Crippen LogP contribution in [0.2, 0.25) is 0 Å². The summed E-state index contributed by atoms with van der Waals surface area (Å²) in [4.78, 5) is 15.2. The number of piperidine rings is 1. The smallest absolute Gasteiger partial charge is 0.219 e. The second kappa shape index (κ2) is 6.58. The maximum Gasteiger partial charge on any atom is 0.219 e. The predicted octanol–water partition coefficient (Wildman–Crippen LogP) is -1.99. The molecule has 0 aromatic rings. The number of aliphatic hydroxyl groups is 4. The zero-order valence-electron chi connectivity index (χ0n) is 12.5. The third-order valence-electron chi connectivity index (χ3n) is 4.81. The van der Waals surface area contributed by atoms with Gasteiger partial charge in [0.05, 0.1) is 12.7 Å². The van der Waals surface area contributed by atoms with E-state index in [1.165, 1.54) is 0 Å². The second-order valence-electron chi connectivity index (χ2n) is 6.48. The highest BCUT2D eigenvalue weighted by Crippen LogP contribution is 2.40. The maximum absolute atomic E-state index is 11.3. The molecule has 3 atom stereocenters. The zero-order valence-corrected chi connectivity index (χ0v) is 12.5. The number of likely N-dealkylation sites (tertiary alicyclic amines) is 2. The van der Waals surface area contributed by atoms with Gasteiger partial charge in [0.2, 0.25) is 5.91 Å². The largest absolute Gasteiger partial charge is 0.394 e. The van der Waals surface area contributed by atoms with E-state index in [1.54, 1.807) is 6.92 Å². The van der Waals surface area contributed by atoms with E-state index in [-0.39, 0.29) is 17.9 Å². The lowest BCUT2D eigenvalue weighted by Crippen LogP contribution is -2.62. The van der Waals surface area contributed by atoms with Crippen molar-refractivity contribution < 1.29 is 25.2 Å². The van der Waals surface area contributed by atoms with Gasteiger partial charge in [0, 0.05) is 39.6 Å². The first-order valence-corrected chi connectivity index (χ1v) is 7.50. The molecule has 122 valence electrons. The summed E-state index contributed by atoms with van der Waals surface area (Å²) in [5.41, 5.74) is 0.228. The Hall–Kier alpha value is -0.730. The van der Waals surface area contributed by atoms with Crippen molar-refractivity contribution in [1.29, 1.82) is 0 Å². The molecule has 0 bridgehead atoms. The molecule has 0 aliphatic carbocycles. The molecule has 2 heterocycles. The number of amides is 1. The second-order valence-corrected chi connectivity index (χ2v) is 6.48.